The van der Waals surface area contributed by atoms with Crippen LogP contribution in [0, 0.1) is 5.92 Å². The maximum Gasteiger partial charge on any atom is 0.306 e. The van der Waals surface area contributed by atoms with E-state index in [2.05, 4.69) is 5.32 Å². The van der Waals surface area contributed by atoms with E-state index in [0.29, 0.717) is 11.7 Å². The number of hydrogen-bond donors (Lipinski definition) is 1. The van der Waals surface area contributed by atoms with Gasteiger partial charge in [0.05, 0.1) is 6.26 Å². The number of benzene rings is 1. The zero-order chi connectivity index (χ0) is 13.0. The molecule has 2 rings (SSSR count). The van der Waals surface area contributed by atoms with Crippen LogP contribution in [0.4, 0.5) is 0 Å². The summed E-state index contributed by atoms with van der Waals surface area (Å²) in [6.07, 6.45) is 4.41. The number of piperidine rings is 1. The summed E-state index contributed by atoms with van der Waals surface area (Å²) in [5.74, 6) is 1.09. The van der Waals surface area contributed by atoms with Crippen molar-refractivity contribution in [1.29, 1.82) is 0 Å². The monoisotopic (exact) mass is 269 g/mol. The van der Waals surface area contributed by atoms with Crippen molar-refractivity contribution in [2.24, 2.45) is 5.92 Å². The summed E-state index contributed by atoms with van der Waals surface area (Å²) >= 11 is 0. The van der Waals surface area contributed by atoms with E-state index in [1.807, 2.05) is 18.2 Å². The fourth-order valence-corrected chi connectivity index (χ4v) is 2.77. The molecular weight excluding hydrogens is 250 g/mol. The predicted octanol–water partition coefficient (Wildman–Crippen LogP) is 1.57. The molecule has 1 saturated heterocycles. The highest BCUT2D eigenvalue weighted by molar-refractivity contribution is 7.86. The molecule has 0 bridgehead atoms. The second-order valence-electron chi connectivity index (χ2n) is 4.83. The molecule has 1 aliphatic heterocycles. The molecule has 0 amide bonds. The Balaban J connectivity index is 2.02. The Morgan fingerprint density at radius 1 is 1.33 bits per heavy atom. The Morgan fingerprint density at radius 2 is 2.06 bits per heavy atom. The van der Waals surface area contributed by atoms with Crippen molar-refractivity contribution in [3.8, 4) is 5.75 Å². The van der Waals surface area contributed by atoms with Crippen molar-refractivity contribution >= 4 is 10.1 Å². The molecule has 1 aromatic carbocycles. The minimum Gasteiger partial charge on any atom is -0.383 e. The van der Waals surface area contributed by atoms with Crippen LogP contribution in [0.1, 0.15) is 18.4 Å². The molecule has 1 aliphatic rings. The molecule has 0 aromatic heterocycles. The number of hydrogen-bond acceptors (Lipinski definition) is 4. The summed E-state index contributed by atoms with van der Waals surface area (Å²) in [6, 6.07) is 7.37. The maximum atomic E-state index is 11.1. The van der Waals surface area contributed by atoms with Crippen molar-refractivity contribution < 1.29 is 12.6 Å². The first-order valence-electron chi connectivity index (χ1n) is 6.22. The Hall–Kier alpha value is -1.07. The summed E-state index contributed by atoms with van der Waals surface area (Å²) in [4.78, 5) is 0. The largest absolute Gasteiger partial charge is 0.383 e. The minimum atomic E-state index is -3.44. The maximum absolute atomic E-state index is 11.1. The third kappa shape index (κ3) is 4.31. The predicted molar refractivity (Wildman–Crippen MR) is 71.2 cm³/mol. The molecule has 5 heteroatoms. The Kier molecular flexibility index (Phi) is 4.24. The van der Waals surface area contributed by atoms with E-state index in [4.69, 9.17) is 4.18 Å². The first-order chi connectivity index (χ1) is 8.53. The lowest BCUT2D eigenvalue weighted by atomic mass is 9.91. The molecule has 1 fully saturated rings. The van der Waals surface area contributed by atoms with Crippen LogP contribution in [0.25, 0.3) is 0 Å². The van der Waals surface area contributed by atoms with Gasteiger partial charge in [0.2, 0.25) is 0 Å². The van der Waals surface area contributed by atoms with Crippen molar-refractivity contribution in [3.05, 3.63) is 29.8 Å². The van der Waals surface area contributed by atoms with Gasteiger partial charge < -0.3 is 9.50 Å². The van der Waals surface area contributed by atoms with Crippen LogP contribution < -0.4 is 9.50 Å². The van der Waals surface area contributed by atoms with Crippen LogP contribution in [-0.4, -0.2) is 27.8 Å². The van der Waals surface area contributed by atoms with E-state index in [1.54, 1.807) is 6.07 Å². The zero-order valence-corrected chi connectivity index (χ0v) is 11.4. The highest BCUT2D eigenvalue weighted by Crippen LogP contribution is 2.21. The molecule has 1 aromatic rings. The lowest BCUT2D eigenvalue weighted by Crippen LogP contribution is -2.28. The Bertz CT molecular complexity index is 493. The van der Waals surface area contributed by atoms with Crippen molar-refractivity contribution in [1.82, 2.24) is 5.32 Å². The van der Waals surface area contributed by atoms with Crippen molar-refractivity contribution in [2.75, 3.05) is 19.3 Å². The van der Waals surface area contributed by atoms with Gasteiger partial charge in [-0.05, 0) is 56.0 Å². The molecule has 0 unspecified atom stereocenters. The molecule has 0 saturated carbocycles. The van der Waals surface area contributed by atoms with Gasteiger partial charge in [-0.15, -0.1) is 0 Å². The second-order valence-corrected chi connectivity index (χ2v) is 6.41. The van der Waals surface area contributed by atoms with Crippen LogP contribution >= 0.6 is 0 Å². The van der Waals surface area contributed by atoms with Gasteiger partial charge in [0.25, 0.3) is 0 Å². The third-order valence-corrected chi connectivity index (χ3v) is 3.62. The third-order valence-electron chi connectivity index (χ3n) is 3.13. The smallest absolute Gasteiger partial charge is 0.306 e. The molecule has 0 atom stereocenters. The fourth-order valence-electron chi connectivity index (χ4n) is 2.32. The first-order valence-corrected chi connectivity index (χ1v) is 8.04. The van der Waals surface area contributed by atoms with Gasteiger partial charge in [-0.25, -0.2) is 0 Å². The Labute approximate surface area is 108 Å². The van der Waals surface area contributed by atoms with E-state index in [-0.39, 0.29) is 0 Å². The van der Waals surface area contributed by atoms with Gasteiger partial charge >= 0.3 is 10.1 Å². The van der Waals surface area contributed by atoms with Crippen LogP contribution in [0.5, 0.6) is 5.75 Å². The normalized spacial score (nSPS) is 17.6. The van der Waals surface area contributed by atoms with Gasteiger partial charge in [-0.1, -0.05) is 12.1 Å². The van der Waals surface area contributed by atoms with Gasteiger partial charge in [-0.3, -0.25) is 0 Å². The lowest BCUT2D eigenvalue weighted by Gasteiger charge is -2.22. The highest BCUT2D eigenvalue weighted by atomic mass is 32.2. The Morgan fingerprint density at radius 3 is 2.72 bits per heavy atom. The quantitative estimate of drug-likeness (QED) is 0.843. The lowest BCUT2D eigenvalue weighted by molar-refractivity contribution is 0.372. The van der Waals surface area contributed by atoms with Gasteiger partial charge in [0, 0.05) is 0 Å². The van der Waals surface area contributed by atoms with E-state index < -0.39 is 10.1 Å². The number of nitrogens with one attached hydrogen (secondary N) is 1. The van der Waals surface area contributed by atoms with E-state index >= 15 is 0 Å². The van der Waals surface area contributed by atoms with Gasteiger partial charge in [0.1, 0.15) is 5.75 Å². The molecule has 18 heavy (non-hydrogen) atoms. The summed E-state index contributed by atoms with van der Waals surface area (Å²) < 4.78 is 27.0. The number of rotatable bonds is 4. The van der Waals surface area contributed by atoms with E-state index in [0.717, 1.165) is 31.3 Å². The van der Waals surface area contributed by atoms with Crippen molar-refractivity contribution in [3.63, 3.8) is 0 Å². The van der Waals surface area contributed by atoms with Gasteiger partial charge in [-0.2, -0.15) is 8.42 Å². The SMILES string of the molecule is CS(=O)(=O)Oc1cccc(CC2CCNCC2)c1. The average molecular weight is 269 g/mol. The minimum absolute atomic E-state index is 0.406. The van der Waals surface area contributed by atoms with Crippen LogP contribution in [0.15, 0.2) is 24.3 Å². The van der Waals surface area contributed by atoms with Crippen molar-refractivity contribution in [2.45, 2.75) is 19.3 Å². The first kappa shape index (κ1) is 13.4. The molecule has 0 radical (unpaired) electrons. The highest BCUT2D eigenvalue weighted by Gasteiger charge is 2.14. The molecular formula is C13H19NO3S. The molecule has 1 N–H and O–H groups in total. The molecule has 0 aliphatic carbocycles. The fraction of sp³-hybridized carbons (Fsp3) is 0.538. The molecule has 0 spiro atoms. The molecule has 100 valence electrons. The summed E-state index contributed by atoms with van der Waals surface area (Å²) in [7, 11) is -3.44. The second kappa shape index (κ2) is 5.71. The zero-order valence-electron chi connectivity index (χ0n) is 10.6. The van der Waals surface area contributed by atoms with E-state index in [9.17, 15) is 8.42 Å². The molecule has 1 heterocycles. The summed E-state index contributed by atoms with van der Waals surface area (Å²) in [6.45, 7) is 2.15. The summed E-state index contributed by atoms with van der Waals surface area (Å²) in [5.41, 5.74) is 1.14. The van der Waals surface area contributed by atoms with Gasteiger partial charge in [0.15, 0.2) is 0 Å². The summed E-state index contributed by atoms with van der Waals surface area (Å²) in [5, 5.41) is 3.34. The van der Waals surface area contributed by atoms with Crippen LogP contribution in [0.2, 0.25) is 0 Å². The van der Waals surface area contributed by atoms with Crippen LogP contribution in [0.3, 0.4) is 0 Å². The average Bonchev–Trinajstić information content (AvgIpc) is 2.28. The standard InChI is InChI=1S/C13H19NO3S/c1-18(15,16)17-13-4-2-3-12(10-13)9-11-5-7-14-8-6-11/h2-4,10-11,14H,5-9H2,1H3. The molecule has 4 nitrogen and oxygen atoms in total. The topological polar surface area (TPSA) is 55.4 Å². The van der Waals surface area contributed by atoms with E-state index in [1.165, 1.54) is 12.8 Å². The van der Waals surface area contributed by atoms with Crippen LogP contribution in [-0.2, 0) is 16.5 Å².